The molecule has 0 heterocycles. The second-order valence-electron chi connectivity index (χ2n) is 8.83. The highest BCUT2D eigenvalue weighted by atomic mass is 19.1. The third kappa shape index (κ3) is 9.80. The van der Waals surface area contributed by atoms with Crippen molar-refractivity contribution in [3.05, 3.63) is 65.5 Å². The molecule has 0 aliphatic carbocycles. The molecule has 2 aromatic carbocycles. The predicted molar refractivity (Wildman–Crippen MR) is 123 cm³/mol. The van der Waals surface area contributed by atoms with Gasteiger partial charge < -0.3 is 24.4 Å². The largest absolute Gasteiger partial charge is 0.493 e. The first-order chi connectivity index (χ1) is 15.5. The molecule has 33 heavy (non-hydrogen) atoms. The molecule has 2 rings (SSSR count). The lowest BCUT2D eigenvalue weighted by Crippen LogP contribution is -2.34. The van der Waals surface area contributed by atoms with Crippen molar-refractivity contribution in [1.82, 2.24) is 10.2 Å². The number of hydrogen-bond donors (Lipinski definition) is 1. The van der Waals surface area contributed by atoms with Crippen LogP contribution in [0.1, 0.15) is 45.2 Å². The van der Waals surface area contributed by atoms with Crippen molar-refractivity contribution in [2.24, 2.45) is 0 Å². The maximum absolute atomic E-state index is 13.8. The SMILES string of the molecule is C[C@H](CCOc1ccc(F)cc1CN(C)C(=O)OC(C)(C)C)NC(=O)OCc1ccccc1. The molecule has 1 atom stereocenters. The zero-order valence-electron chi connectivity index (χ0n) is 19.9. The van der Waals surface area contributed by atoms with Crippen molar-refractivity contribution in [3.63, 3.8) is 0 Å². The number of alkyl carbamates (subject to hydrolysis) is 1. The van der Waals surface area contributed by atoms with Crippen LogP contribution in [-0.4, -0.2) is 42.4 Å². The molecule has 7 nitrogen and oxygen atoms in total. The smallest absolute Gasteiger partial charge is 0.410 e. The first-order valence-electron chi connectivity index (χ1n) is 10.9. The van der Waals surface area contributed by atoms with Gasteiger partial charge >= 0.3 is 12.2 Å². The Bertz CT molecular complexity index is 915. The second kappa shape index (κ2) is 12.1. The maximum atomic E-state index is 13.8. The Morgan fingerprint density at radius 1 is 1.12 bits per heavy atom. The lowest BCUT2D eigenvalue weighted by Gasteiger charge is -2.25. The number of hydrogen-bond acceptors (Lipinski definition) is 5. The first kappa shape index (κ1) is 26.0. The van der Waals surface area contributed by atoms with E-state index >= 15 is 0 Å². The Balaban J connectivity index is 1.83. The van der Waals surface area contributed by atoms with E-state index in [1.165, 1.54) is 23.1 Å². The molecule has 0 radical (unpaired) electrons. The minimum Gasteiger partial charge on any atom is -0.493 e. The van der Waals surface area contributed by atoms with Gasteiger partial charge in [-0.2, -0.15) is 0 Å². The van der Waals surface area contributed by atoms with Gasteiger partial charge in [-0.25, -0.2) is 14.0 Å². The van der Waals surface area contributed by atoms with E-state index < -0.39 is 23.6 Å². The molecule has 0 bridgehead atoms. The standard InChI is InChI=1S/C25H33FN2O5/c1-18(27-23(29)32-17-19-9-7-6-8-10-19)13-14-31-22-12-11-21(26)15-20(22)16-28(5)24(30)33-25(2,3)4/h6-12,15,18H,13-14,16-17H2,1-5H3,(H,27,29)/t18-/m1/s1. The number of halogens is 1. The fourth-order valence-corrected chi connectivity index (χ4v) is 2.86. The van der Waals surface area contributed by atoms with Gasteiger partial charge in [0, 0.05) is 25.1 Å². The molecule has 8 heteroatoms. The van der Waals surface area contributed by atoms with Crippen LogP contribution in [0.3, 0.4) is 0 Å². The minimum absolute atomic E-state index is 0.127. The van der Waals surface area contributed by atoms with Crippen molar-refractivity contribution >= 4 is 12.2 Å². The van der Waals surface area contributed by atoms with Gasteiger partial charge in [0.05, 0.1) is 13.2 Å². The average molecular weight is 461 g/mol. The van der Waals surface area contributed by atoms with E-state index in [0.717, 1.165) is 5.56 Å². The third-order valence-electron chi connectivity index (χ3n) is 4.52. The zero-order valence-corrected chi connectivity index (χ0v) is 19.9. The number of nitrogens with one attached hydrogen (secondary N) is 1. The van der Waals surface area contributed by atoms with E-state index in [1.54, 1.807) is 27.8 Å². The van der Waals surface area contributed by atoms with Gasteiger partial charge in [0.2, 0.25) is 0 Å². The molecule has 0 aromatic heterocycles. The number of rotatable bonds is 9. The van der Waals surface area contributed by atoms with Crippen LogP contribution in [0, 0.1) is 5.82 Å². The summed E-state index contributed by atoms with van der Waals surface area (Å²) in [5, 5.41) is 2.76. The molecule has 180 valence electrons. The van der Waals surface area contributed by atoms with Crippen molar-refractivity contribution in [2.75, 3.05) is 13.7 Å². The van der Waals surface area contributed by atoms with Gasteiger partial charge in [0.1, 0.15) is 23.8 Å². The molecule has 0 aliphatic heterocycles. The van der Waals surface area contributed by atoms with E-state index in [0.29, 0.717) is 17.7 Å². The molecule has 0 saturated carbocycles. The molecule has 2 amide bonds. The predicted octanol–water partition coefficient (Wildman–Crippen LogP) is 5.28. The second-order valence-corrected chi connectivity index (χ2v) is 8.83. The van der Waals surface area contributed by atoms with Crippen LogP contribution in [0.15, 0.2) is 48.5 Å². The van der Waals surface area contributed by atoms with Gasteiger partial charge in [-0.3, -0.25) is 0 Å². The number of amides is 2. The monoisotopic (exact) mass is 460 g/mol. The lowest BCUT2D eigenvalue weighted by molar-refractivity contribution is 0.0283. The van der Waals surface area contributed by atoms with Gasteiger partial charge in [0.15, 0.2) is 0 Å². The quantitative estimate of drug-likeness (QED) is 0.551. The highest BCUT2D eigenvalue weighted by Crippen LogP contribution is 2.22. The van der Waals surface area contributed by atoms with E-state index in [2.05, 4.69) is 5.32 Å². The molecule has 0 spiro atoms. The Labute approximate surface area is 194 Å². The van der Waals surface area contributed by atoms with Crippen LogP contribution in [-0.2, 0) is 22.6 Å². The highest BCUT2D eigenvalue weighted by Gasteiger charge is 2.21. The van der Waals surface area contributed by atoms with Crippen molar-refractivity contribution < 1.29 is 28.2 Å². The van der Waals surface area contributed by atoms with Crippen molar-refractivity contribution in [3.8, 4) is 5.75 Å². The summed E-state index contributed by atoms with van der Waals surface area (Å²) in [4.78, 5) is 25.6. The summed E-state index contributed by atoms with van der Waals surface area (Å²) in [7, 11) is 1.58. The molecular formula is C25H33FN2O5. The maximum Gasteiger partial charge on any atom is 0.410 e. The third-order valence-corrected chi connectivity index (χ3v) is 4.52. The molecule has 0 saturated heterocycles. The Morgan fingerprint density at radius 3 is 2.48 bits per heavy atom. The van der Waals surface area contributed by atoms with E-state index in [-0.39, 0.29) is 25.8 Å². The number of nitrogens with zero attached hydrogens (tertiary/aromatic N) is 1. The van der Waals surface area contributed by atoms with Crippen molar-refractivity contribution in [1.29, 1.82) is 0 Å². The summed E-state index contributed by atoms with van der Waals surface area (Å²) in [6, 6.07) is 13.4. The fourth-order valence-electron chi connectivity index (χ4n) is 2.86. The Hall–Kier alpha value is -3.29. The topological polar surface area (TPSA) is 77.1 Å². The fraction of sp³-hybridized carbons (Fsp3) is 0.440. The molecular weight excluding hydrogens is 427 g/mol. The Kier molecular flexibility index (Phi) is 9.51. The van der Waals surface area contributed by atoms with Crippen LogP contribution in [0.4, 0.5) is 14.0 Å². The Morgan fingerprint density at radius 2 is 1.82 bits per heavy atom. The summed E-state index contributed by atoms with van der Waals surface area (Å²) in [5.41, 5.74) is 0.799. The van der Waals surface area contributed by atoms with Gasteiger partial charge in [-0.15, -0.1) is 0 Å². The molecule has 2 aromatic rings. The van der Waals surface area contributed by atoms with Crippen LogP contribution < -0.4 is 10.1 Å². The molecule has 0 aliphatic rings. The van der Waals surface area contributed by atoms with Gasteiger partial charge in [-0.1, -0.05) is 30.3 Å². The van der Waals surface area contributed by atoms with Gasteiger partial charge in [-0.05, 0) is 51.5 Å². The minimum atomic E-state index is -0.627. The van der Waals surface area contributed by atoms with Crippen LogP contribution >= 0.6 is 0 Å². The van der Waals surface area contributed by atoms with E-state index in [9.17, 15) is 14.0 Å². The van der Waals surface area contributed by atoms with Gasteiger partial charge in [0.25, 0.3) is 0 Å². The van der Waals surface area contributed by atoms with Crippen molar-refractivity contribution in [2.45, 2.75) is 58.9 Å². The van der Waals surface area contributed by atoms with Crippen LogP contribution in [0.5, 0.6) is 5.75 Å². The number of ether oxygens (including phenoxy) is 3. The normalized spacial score (nSPS) is 11.9. The molecule has 0 fully saturated rings. The average Bonchev–Trinajstić information content (AvgIpc) is 2.73. The zero-order chi connectivity index (χ0) is 24.4. The lowest BCUT2D eigenvalue weighted by atomic mass is 10.2. The molecule has 0 unspecified atom stereocenters. The van der Waals surface area contributed by atoms with Crippen LogP contribution in [0.25, 0.3) is 0 Å². The number of benzene rings is 2. The number of carbonyl (C=O) groups excluding carboxylic acids is 2. The summed E-state index contributed by atoms with van der Waals surface area (Å²) in [5.74, 6) is 0.0387. The highest BCUT2D eigenvalue weighted by molar-refractivity contribution is 5.68. The summed E-state index contributed by atoms with van der Waals surface area (Å²) in [6.45, 7) is 7.79. The van der Waals surface area contributed by atoms with E-state index in [4.69, 9.17) is 14.2 Å². The summed E-state index contributed by atoms with van der Waals surface area (Å²) < 4.78 is 30.2. The van der Waals surface area contributed by atoms with E-state index in [1.807, 2.05) is 37.3 Å². The summed E-state index contributed by atoms with van der Waals surface area (Å²) in [6.07, 6.45) is -0.503. The summed E-state index contributed by atoms with van der Waals surface area (Å²) >= 11 is 0. The number of carbonyl (C=O) groups is 2. The molecule has 1 N–H and O–H groups in total. The first-order valence-corrected chi connectivity index (χ1v) is 10.9. The van der Waals surface area contributed by atoms with Crippen LogP contribution in [0.2, 0.25) is 0 Å².